The van der Waals surface area contributed by atoms with E-state index in [9.17, 15) is 4.79 Å². The van der Waals surface area contributed by atoms with Crippen molar-refractivity contribution in [1.29, 1.82) is 0 Å². The molecule has 0 radical (unpaired) electrons. The van der Waals surface area contributed by atoms with Crippen LogP contribution >= 0.6 is 0 Å². The van der Waals surface area contributed by atoms with Crippen LogP contribution in [0.4, 0.5) is 0 Å². The van der Waals surface area contributed by atoms with Gasteiger partial charge >= 0.3 is 0 Å². The maximum absolute atomic E-state index is 10.1. The van der Waals surface area contributed by atoms with Crippen molar-refractivity contribution in [3.63, 3.8) is 0 Å². The summed E-state index contributed by atoms with van der Waals surface area (Å²) in [4.78, 5) is 10.1. The van der Waals surface area contributed by atoms with Crippen molar-refractivity contribution in [2.24, 2.45) is 0 Å². The zero-order valence-electron chi connectivity index (χ0n) is 6.52. The lowest BCUT2D eigenvalue weighted by atomic mass is 10.1. The Bertz CT molecular complexity index is 232. The Kier molecular flexibility index (Phi) is 1.98. The lowest BCUT2D eigenvalue weighted by Crippen LogP contribution is -2.25. The second-order valence-electron chi connectivity index (χ2n) is 2.10. The second-order valence-corrected chi connectivity index (χ2v) is 2.10. The van der Waals surface area contributed by atoms with Crippen molar-refractivity contribution < 1.29 is 26.2 Å². The first kappa shape index (κ1) is 6.97. The minimum atomic E-state index is -2.56. The van der Waals surface area contributed by atoms with Crippen LogP contribution in [0.1, 0.15) is 1.37 Å². The van der Waals surface area contributed by atoms with E-state index in [4.69, 9.17) is 16.7 Å². The van der Waals surface area contributed by atoms with E-state index in [1.54, 1.807) is 0 Å². The van der Waals surface area contributed by atoms with E-state index in [1.165, 1.54) is 5.94 Å². The first-order valence-corrected chi connectivity index (χ1v) is 2.97. The predicted molar refractivity (Wildman–Crippen MR) is 33.2 cm³/mol. The molecule has 0 aromatic carbocycles. The highest BCUT2D eigenvalue weighted by Gasteiger charge is 2.38. The Morgan fingerprint density at radius 3 is 2.64 bits per heavy atom. The third-order valence-electron chi connectivity index (χ3n) is 1.43. The van der Waals surface area contributed by atoms with Crippen LogP contribution in [0.2, 0.25) is 0 Å². The number of ether oxygens (including phenoxy) is 1. The molecule has 1 aliphatic rings. The highest BCUT2D eigenvalue weighted by molar-refractivity contribution is 5.56. The summed E-state index contributed by atoms with van der Waals surface area (Å²) >= 11 is 0. The highest BCUT2D eigenvalue weighted by atomic mass is 16.6. The fraction of sp³-hybridized carbons (Fsp3) is 0.667. The number of hydrogen-bond acceptors (Lipinski definition) is 5. The molecule has 62 valence electrons. The minimum absolute atomic E-state index is 0.576. The zero-order chi connectivity index (χ0) is 9.35. The van der Waals surface area contributed by atoms with Crippen molar-refractivity contribution in [2.75, 3.05) is 6.61 Å². The third-order valence-corrected chi connectivity index (χ3v) is 1.43. The summed E-state index contributed by atoms with van der Waals surface area (Å²) in [6.45, 7) is -0.576. The van der Waals surface area contributed by atoms with Gasteiger partial charge in [-0.05, 0) is 0 Å². The topological polar surface area (TPSA) is 87.0 Å². The molecule has 3 N–H and O–H groups in total. The van der Waals surface area contributed by atoms with Gasteiger partial charge in [-0.15, -0.1) is 0 Å². The summed E-state index contributed by atoms with van der Waals surface area (Å²) < 4.78 is 11.4. The van der Waals surface area contributed by atoms with Crippen LogP contribution in [0.3, 0.4) is 0 Å². The molecule has 0 saturated carbocycles. The first-order valence-electron chi connectivity index (χ1n) is 3.47. The molecule has 5 heteroatoms. The number of aliphatic hydroxyl groups is 3. The molecular formula is C6H8O5. The molecule has 1 unspecified atom stereocenters. The van der Waals surface area contributed by atoms with Gasteiger partial charge in [-0.25, -0.2) is 4.79 Å². The standard InChI is InChI=1S/C6H8O5/c7-1-3-5(9)4(2-8)11-6(3)10/h4-6,8-10H,2H2/t4-,5+,6?/m1/s1/i6D. The van der Waals surface area contributed by atoms with E-state index in [0.717, 1.165) is 0 Å². The Morgan fingerprint density at radius 2 is 2.36 bits per heavy atom. The van der Waals surface area contributed by atoms with Crippen molar-refractivity contribution in [2.45, 2.75) is 18.5 Å². The van der Waals surface area contributed by atoms with Gasteiger partial charge in [-0.1, -0.05) is 0 Å². The van der Waals surface area contributed by atoms with E-state index >= 15 is 0 Å². The Balaban J connectivity index is 2.95. The lowest BCUT2D eigenvalue weighted by molar-refractivity contribution is -0.100. The highest BCUT2D eigenvalue weighted by Crippen LogP contribution is 2.21. The van der Waals surface area contributed by atoms with Crippen molar-refractivity contribution >= 4 is 5.94 Å². The maximum Gasteiger partial charge on any atom is 0.191 e. The number of rotatable bonds is 1. The van der Waals surface area contributed by atoms with Gasteiger partial charge in [0, 0.05) is 0 Å². The van der Waals surface area contributed by atoms with Crippen LogP contribution in [-0.4, -0.2) is 46.3 Å². The van der Waals surface area contributed by atoms with Crippen LogP contribution in [-0.2, 0) is 9.53 Å². The van der Waals surface area contributed by atoms with Crippen molar-refractivity contribution in [3.8, 4) is 0 Å². The number of aliphatic hydroxyl groups excluding tert-OH is 2. The molecule has 1 heterocycles. The zero-order valence-corrected chi connectivity index (χ0v) is 5.52. The molecule has 11 heavy (non-hydrogen) atoms. The molecule has 3 atom stereocenters. The quantitative estimate of drug-likeness (QED) is 0.380. The second kappa shape index (κ2) is 3.13. The Morgan fingerprint density at radius 1 is 1.73 bits per heavy atom. The Labute approximate surface area is 63.9 Å². The van der Waals surface area contributed by atoms with Crippen molar-refractivity contribution in [1.82, 2.24) is 0 Å². The summed E-state index contributed by atoms with van der Waals surface area (Å²) in [6.07, 6.45) is -5.16. The van der Waals surface area contributed by atoms with Crippen LogP contribution in [0.15, 0.2) is 5.57 Å². The monoisotopic (exact) mass is 161 g/mol. The van der Waals surface area contributed by atoms with E-state index in [2.05, 4.69) is 4.74 Å². The molecule has 0 amide bonds. The number of carbonyl (C=O) groups excluding carboxylic acids is 1. The van der Waals surface area contributed by atoms with Crippen LogP contribution < -0.4 is 0 Å². The van der Waals surface area contributed by atoms with Crippen LogP contribution in [0, 0.1) is 0 Å². The molecule has 1 aliphatic heterocycles. The first-order chi connectivity index (χ1) is 5.53. The average Bonchev–Trinajstić information content (AvgIpc) is 2.21. The fourth-order valence-corrected chi connectivity index (χ4v) is 0.825. The normalized spacial score (nSPS) is 45.4. The van der Waals surface area contributed by atoms with Gasteiger partial charge in [0.1, 0.15) is 23.7 Å². The van der Waals surface area contributed by atoms with Gasteiger partial charge in [0.05, 0.1) is 7.98 Å². The van der Waals surface area contributed by atoms with Crippen LogP contribution in [0.25, 0.3) is 0 Å². The molecular weight excluding hydrogens is 152 g/mol. The molecule has 1 rings (SSSR count). The van der Waals surface area contributed by atoms with E-state index in [0.29, 0.717) is 0 Å². The molecule has 0 aromatic heterocycles. The van der Waals surface area contributed by atoms with Crippen LogP contribution in [0.5, 0.6) is 0 Å². The van der Waals surface area contributed by atoms with Gasteiger partial charge in [0.25, 0.3) is 0 Å². The molecule has 0 spiro atoms. The molecule has 1 fully saturated rings. The van der Waals surface area contributed by atoms with Gasteiger partial charge < -0.3 is 20.1 Å². The predicted octanol–water partition coefficient (Wildman–Crippen LogP) is -2.19. The molecule has 5 nitrogen and oxygen atoms in total. The lowest BCUT2D eigenvalue weighted by Gasteiger charge is -2.07. The number of hydrogen-bond donors (Lipinski definition) is 3. The van der Waals surface area contributed by atoms with E-state index in [-0.39, 0.29) is 0 Å². The summed E-state index contributed by atoms with van der Waals surface area (Å²) in [5, 5.41) is 26.7. The largest absolute Gasteiger partial charge is 0.394 e. The smallest absolute Gasteiger partial charge is 0.191 e. The minimum Gasteiger partial charge on any atom is -0.394 e. The van der Waals surface area contributed by atoms with Gasteiger partial charge in [0.2, 0.25) is 0 Å². The van der Waals surface area contributed by atoms with Gasteiger partial charge in [-0.3, -0.25) is 0 Å². The fourth-order valence-electron chi connectivity index (χ4n) is 0.825. The molecule has 0 aliphatic carbocycles. The van der Waals surface area contributed by atoms with E-state index < -0.39 is 30.7 Å². The summed E-state index contributed by atoms with van der Waals surface area (Å²) in [7, 11) is 0. The SMILES string of the molecule is [2H]C1(O)O[C@H](CO)[C@@H](O)C1=C=O. The summed E-state index contributed by atoms with van der Waals surface area (Å²) in [5.41, 5.74) is -0.610. The molecule has 0 aromatic rings. The molecule has 1 saturated heterocycles. The summed E-state index contributed by atoms with van der Waals surface area (Å²) in [5.74, 6) is 1.21. The maximum atomic E-state index is 10.1. The van der Waals surface area contributed by atoms with Crippen molar-refractivity contribution in [3.05, 3.63) is 5.57 Å². The van der Waals surface area contributed by atoms with E-state index in [1.807, 2.05) is 0 Å². The van der Waals surface area contributed by atoms with Gasteiger partial charge in [0.15, 0.2) is 6.27 Å². The average molecular weight is 161 g/mol. The molecule has 0 bridgehead atoms. The summed E-state index contributed by atoms with van der Waals surface area (Å²) in [6, 6.07) is 0. The van der Waals surface area contributed by atoms with Gasteiger partial charge in [-0.2, -0.15) is 0 Å². The third kappa shape index (κ3) is 1.33. The Hall–Kier alpha value is -0.710.